The second-order valence-corrected chi connectivity index (χ2v) is 5.08. The molecule has 0 amide bonds. The van der Waals surface area contributed by atoms with Crippen LogP contribution in [0.4, 0.5) is 0 Å². The van der Waals surface area contributed by atoms with Crippen molar-refractivity contribution in [1.82, 2.24) is 0 Å². The Morgan fingerprint density at radius 2 is 2.13 bits per heavy atom. The van der Waals surface area contributed by atoms with Gasteiger partial charge in [0.15, 0.2) is 0 Å². The highest BCUT2D eigenvalue weighted by atomic mass is 32.1. The molecule has 0 radical (unpaired) electrons. The maximum absolute atomic E-state index is 10.4. The number of hydrogen-bond donors (Lipinski definition) is 1. The predicted molar refractivity (Wildman–Crippen MR) is 66.3 cm³/mol. The molecule has 1 heterocycles. The second kappa shape index (κ2) is 3.95. The molecular weight excluding hydrogens is 204 g/mol. The summed E-state index contributed by atoms with van der Waals surface area (Å²) in [4.78, 5) is 0. The largest absolute Gasteiger partial charge is 0.385 e. The summed E-state index contributed by atoms with van der Waals surface area (Å²) in [6.45, 7) is 4.01. The van der Waals surface area contributed by atoms with Crippen LogP contribution in [-0.4, -0.2) is 5.11 Å². The van der Waals surface area contributed by atoms with Crippen molar-refractivity contribution in [1.29, 1.82) is 0 Å². The van der Waals surface area contributed by atoms with Crippen LogP contribution >= 0.6 is 11.3 Å². The fourth-order valence-electron chi connectivity index (χ4n) is 2.04. The summed E-state index contributed by atoms with van der Waals surface area (Å²) in [6, 6.07) is 8.26. The molecular formula is C13H16OS. The number of thiophene rings is 1. The zero-order valence-electron chi connectivity index (χ0n) is 9.16. The van der Waals surface area contributed by atoms with Gasteiger partial charge in [-0.15, -0.1) is 11.3 Å². The van der Waals surface area contributed by atoms with Gasteiger partial charge < -0.3 is 5.11 Å². The Labute approximate surface area is 94.4 Å². The second-order valence-electron chi connectivity index (χ2n) is 4.17. The maximum atomic E-state index is 10.4. The number of hydrogen-bond acceptors (Lipinski definition) is 2. The molecule has 1 unspecified atom stereocenters. The Kier molecular flexibility index (Phi) is 2.81. The van der Waals surface area contributed by atoms with Crippen molar-refractivity contribution in [3.05, 3.63) is 35.2 Å². The third-order valence-corrected chi connectivity index (χ3v) is 3.76. The predicted octanol–water partition coefficient (Wildman–Crippen LogP) is 3.91. The SMILES string of the molecule is CCCC(C)(O)c1cccc2ccsc12. The Balaban J connectivity index is 2.55. The van der Waals surface area contributed by atoms with E-state index in [1.165, 1.54) is 10.1 Å². The molecule has 0 aliphatic rings. The van der Waals surface area contributed by atoms with Gasteiger partial charge in [-0.05, 0) is 30.2 Å². The first-order chi connectivity index (χ1) is 7.15. The normalized spacial score (nSPS) is 15.4. The Bertz CT molecular complexity index is 456. The lowest BCUT2D eigenvalue weighted by molar-refractivity contribution is 0.0486. The summed E-state index contributed by atoms with van der Waals surface area (Å²) in [5.74, 6) is 0. The van der Waals surface area contributed by atoms with Gasteiger partial charge >= 0.3 is 0 Å². The maximum Gasteiger partial charge on any atom is 0.0882 e. The van der Waals surface area contributed by atoms with Crippen molar-refractivity contribution in [2.24, 2.45) is 0 Å². The number of benzene rings is 1. The Hall–Kier alpha value is -0.860. The zero-order chi connectivity index (χ0) is 10.9. The van der Waals surface area contributed by atoms with Gasteiger partial charge in [0.05, 0.1) is 5.60 Å². The number of rotatable bonds is 3. The molecule has 2 aromatic rings. The number of fused-ring (bicyclic) bond motifs is 1. The van der Waals surface area contributed by atoms with Crippen LogP contribution in [0, 0.1) is 0 Å². The highest BCUT2D eigenvalue weighted by Crippen LogP contribution is 2.34. The average Bonchev–Trinajstić information content (AvgIpc) is 2.64. The summed E-state index contributed by atoms with van der Waals surface area (Å²) >= 11 is 1.71. The van der Waals surface area contributed by atoms with Crippen LogP contribution in [0.15, 0.2) is 29.6 Å². The van der Waals surface area contributed by atoms with Gasteiger partial charge in [0.2, 0.25) is 0 Å². The van der Waals surface area contributed by atoms with Crippen molar-refractivity contribution in [3.63, 3.8) is 0 Å². The van der Waals surface area contributed by atoms with Gasteiger partial charge in [-0.25, -0.2) is 0 Å². The standard InChI is InChI=1S/C13H16OS/c1-3-8-13(2,14)11-6-4-5-10-7-9-15-12(10)11/h4-7,9,14H,3,8H2,1-2H3. The molecule has 0 spiro atoms. The molecule has 0 aliphatic carbocycles. The van der Waals surface area contributed by atoms with E-state index in [9.17, 15) is 5.11 Å². The molecule has 80 valence electrons. The molecule has 1 aromatic heterocycles. The van der Waals surface area contributed by atoms with Crippen molar-refractivity contribution >= 4 is 21.4 Å². The van der Waals surface area contributed by atoms with E-state index < -0.39 is 5.60 Å². The minimum atomic E-state index is -0.695. The first kappa shape index (κ1) is 10.7. The zero-order valence-corrected chi connectivity index (χ0v) is 9.97. The summed E-state index contributed by atoms with van der Waals surface area (Å²) in [7, 11) is 0. The molecule has 0 fully saturated rings. The number of aliphatic hydroxyl groups is 1. The fourth-order valence-corrected chi connectivity index (χ4v) is 3.08. The topological polar surface area (TPSA) is 20.2 Å². The average molecular weight is 220 g/mol. The third kappa shape index (κ3) is 1.92. The quantitative estimate of drug-likeness (QED) is 0.831. The lowest BCUT2D eigenvalue weighted by atomic mass is 9.91. The van der Waals surface area contributed by atoms with Crippen LogP contribution in [0.3, 0.4) is 0 Å². The molecule has 0 bridgehead atoms. The van der Waals surface area contributed by atoms with Crippen molar-refractivity contribution < 1.29 is 5.11 Å². The van der Waals surface area contributed by atoms with Crippen molar-refractivity contribution in [3.8, 4) is 0 Å². The third-order valence-electron chi connectivity index (χ3n) is 2.80. The van der Waals surface area contributed by atoms with Gasteiger partial charge in [0.25, 0.3) is 0 Å². The van der Waals surface area contributed by atoms with E-state index in [0.29, 0.717) is 0 Å². The van der Waals surface area contributed by atoms with E-state index >= 15 is 0 Å². The van der Waals surface area contributed by atoms with Gasteiger partial charge in [-0.2, -0.15) is 0 Å². The highest BCUT2D eigenvalue weighted by molar-refractivity contribution is 7.17. The lowest BCUT2D eigenvalue weighted by Gasteiger charge is -2.23. The van der Waals surface area contributed by atoms with Crippen LogP contribution in [0.5, 0.6) is 0 Å². The van der Waals surface area contributed by atoms with Crippen LogP contribution in [0.25, 0.3) is 10.1 Å². The van der Waals surface area contributed by atoms with Gasteiger partial charge in [0, 0.05) is 10.3 Å². The van der Waals surface area contributed by atoms with E-state index in [0.717, 1.165) is 18.4 Å². The van der Waals surface area contributed by atoms with E-state index in [-0.39, 0.29) is 0 Å². The molecule has 1 nitrogen and oxygen atoms in total. The first-order valence-corrected chi connectivity index (χ1v) is 6.22. The lowest BCUT2D eigenvalue weighted by Crippen LogP contribution is -2.20. The Morgan fingerprint density at radius 1 is 1.33 bits per heavy atom. The van der Waals surface area contributed by atoms with Crippen LogP contribution in [0.2, 0.25) is 0 Å². The monoisotopic (exact) mass is 220 g/mol. The molecule has 2 heteroatoms. The summed E-state index contributed by atoms with van der Waals surface area (Å²) < 4.78 is 1.22. The van der Waals surface area contributed by atoms with Crippen molar-refractivity contribution in [2.75, 3.05) is 0 Å². The molecule has 15 heavy (non-hydrogen) atoms. The van der Waals surface area contributed by atoms with E-state index in [4.69, 9.17) is 0 Å². The van der Waals surface area contributed by atoms with Crippen molar-refractivity contribution in [2.45, 2.75) is 32.3 Å². The molecule has 1 aromatic carbocycles. The highest BCUT2D eigenvalue weighted by Gasteiger charge is 2.24. The fraction of sp³-hybridized carbons (Fsp3) is 0.385. The van der Waals surface area contributed by atoms with Gasteiger partial charge in [-0.1, -0.05) is 31.5 Å². The van der Waals surface area contributed by atoms with Gasteiger partial charge in [-0.3, -0.25) is 0 Å². The van der Waals surface area contributed by atoms with Gasteiger partial charge in [0.1, 0.15) is 0 Å². The molecule has 0 saturated heterocycles. The molecule has 2 rings (SSSR count). The Morgan fingerprint density at radius 3 is 2.87 bits per heavy atom. The molecule has 1 atom stereocenters. The smallest absolute Gasteiger partial charge is 0.0882 e. The molecule has 0 aliphatic heterocycles. The minimum Gasteiger partial charge on any atom is -0.385 e. The minimum absolute atomic E-state index is 0.695. The summed E-state index contributed by atoms with van der Waals surface area (Å²) in [5.41, 5.74) is 0.371. The van der Waals surface area contributed by atoms with Crippen LogP contribution in [0.1, 0.15) is 32.3 Å². The first-order valence-electron chi connectivity index (χ1n) is 5.34. The summed E-state index contributed by atoms with van der Waals surface area (Å²) in [5, 5.41) is 13.7. The summed E-state index contributed by atoms with van der Waals surface area (Å²) in [6.07, 6.45) is 1.80. The van der Waals surface area contributed by atoms with Crippen LogP contribution < -0.4 is 0 Å². The van der Waals surface area contributed by atoms with E-state index in [2.05, 4.69) is 24.4 Å². The van der Waals surface area contributed by atoms with E-state index in [1.807, 2.05) is 19.1 Å². The van der Waals surface area contributed by atoms with E-state index in [1.54, 1.807) is 11.3 Å². The van der Waals surface area contributed by atoms with Crippen LogP contribution in [-0.2, 0) is 5.60 Å². The molecule has 1 N–H and O–H groups in total. The molecule has 0 saturated carbocycles.